The summed E-state index contributed by atoms with van der Waals surface area (Å²) in [5.41, 5.74) is 1.56. The zero-order chi connectivity index (χ0) is 20.5. The molecular weight excluding hydrogens is 395 g/mol. The minimum atomic E-state index is -0.337. The summed E-state index contributed by atoms with van der Waals surface area (Å²) < 4.78 is 20.0. The van der Waals surface area contributed by atoms with Gasteiger partial charge in [0.05, 0.1) is 22.9 Å². The van der Waals surface area contributed by atoms with Gasteiger partial charge in [0.2, 0.25) is 0 Å². The van der Waals surface area contributed by atoms with Gasteiger partial charge in [-0.15, -0.1) is 11.3 Å². The first-order chi connectivity index (χ1) is 14.0. The van der Waals surface area contributed by atoms with E-state index in [0.717, 1.165) is 21.6 Å². The van der Waals surface area contributed by atoms with Crippen LogP contribution in [0.3, 0.4) is 0 Å². The lowest BCUT2D eigenvalue weighted by molar-refractivity contribution is 0.0574. The summed E-state index contributed by atoms with van der Waals surface area (Å²) in [6.07, 6.45) is -0.337. The molecule has 1 aromatic carbocycles. The Balaban J connectivity index is 1.54. The third kappa shape index (κ3) is 3.69. The van der Waals surface area contributed by atoms with Crippen LogP contribution in [0, 0.1) is 12.7 Å². The molecule has 0 unspecified atom stereocenters. The number of carbonyl (C=O) groups excluding carboxylic acids is 2. The van der Waals surface area contributed by atoms with Crippen molar-refractivity contribution in [1.29, 1.82) is 0 Å². The molecule has 0 aliphatic carbocycles. The van der Waals surface area contributed by atoms with E-state index < -0.39 is 0 Å². The van der Waals surface area contributed by atoms with Crippen molar-refractivity contribution in [2.45, 2.75) is 13.8 Å². The standard InChI is InChI=1S/C20H21FN4O3S/c1-3-28-20(27)24-10-8-23(9-11-24)18(26)17-12-16-13(2)22-25(19(16)29-17)15-6-4-14(21)5-7-15/h4-7,12H,3,8-11H2,1-2H3. The van der Waals surface area contributed by atoms with E-state index in [4.69, 9.17) is 4.74 Å². The number of nitrogens with zero attached hydrogens (tertiary/aromatic N) is 4. The van der Waals surface area contributed by atoms with Gasteiger partial charge in [0.1, 0.15) is 10.6 Å². The van der Waals surface area contributed by atoms with Crippen molar-refractivity contribution in [3.63, 3.8) is 0 Å². The van der Waals surface area contributed by atoms with Crippen molar-refractivity contribution in [2.75, 3.05) is 32.8 Å². The van der Waals surface area contributed by atoms with Crippen LogP contribution in [-0.2, 0) is 4.74 Å². The maximum absolute atomic E-state index is 13.2. The number of carbonyl (C=O) groups is 2. The number of aryl methyl sites for hydroxylation is 1. The molecule has 2 amide bonds. The molecule has 152 valence electrons. The van der Waals surface area contributed by atoms with Crippen LogP contribution in [0.15, 0.2) is 30.3 Å². The number of aromatic nitrogens is 2. The largest absolute Gasteiger partial charge is 0.450 e. The van der Waals surface area contributed by atoms with Crippen molar-refractivity contribution in [3.05, 3.63) is 46.7 Å². The quantitative estimate of drug-likeness (QED) is 0.656. The number of thiophene rings is 1. The highest BCUT2D eigenvalue weighted by atomic mass is 32.1. The molecule has 0 radical (unpaired) electrons. The lowest BCUT2D eigenvalue weighted by atomic mass is 10.2. The zero-order valence-electron chi connectivity index (χ0n) is 16.2. The highest BCUT2D eigenvalue weighted by Gasteiger charge is 2.27. The Morgan fingerprint density at radius 1 is 1.14 bits per heavy atom. The molecule has 0 spiro atoms. The number of benzene rings is 1. The van der Waals surface area contributed by atoms with E-state index >= 15 is 0 Å². The molecule has 9 heteroatoms. The van der Waals surface area contributed by atoms with E-state index in [1.54, 1.807) is 33.5 Å². The van der Waals surface area contributed by atoms with Crippen LogP contribution in [0.5, 0.6) is 0 Å². The van der Waals surface area contributed by atoms with E-state index in [2.05, 4.69) is 5.10 Å². The van der Waals surface area contributed by atoms with Crippen molar-refractivity contribution in [3.8, 4) is 5.69 Å². The van der Waals surface area contributed by atoms with E-state index in [1.807, 2.05) is 13.0 Å². The molecule has 1 fully saturated rings. The topological polar surface area (TPSA) is 67.7 Å². The third-order valence-electron chi connectivity index (χ3n) is 4.92. The molecular formula is C20H21FN4O3S. The summed E-state index contributed by atoms with van der Waals surface area (Å²) in [4.78, 5) is 29.7. The molecule has 7 nitrogen and oxygen atoms in total. The highest BCUT2D eigenvalue weighted by molar-refractivity contribution is 7.20. The second kappa shape index (κ2) is 7.82. The van der Waals surface area contributed by atoms with Crippen molar-refractivity contribution >= 4 is 33.6 Å². The molecule has 0 atom stereocenters. The summed E-state index contributed by atoms with van der Waals surface area (Å²) in [5, 5.41) is 5.44. The Morgan fingerprint density at radius 2 is 1.79 bits per heavy atom. The van der Waals surface area contributed by atoms with Crippen LogP contribution in [0.4, 0.5) is 9.18 Å². The van der Waals surface area contributed by atoms with Gasteiger partial charge < -0.3 is 14.5 Å². The van der Waals surface area contributed by atoms with Crippen LogP contribution in [0.25, 0.3) is 15.9 Å². The molecule has 1 saturated heterocycles. The maximum atomic E-state index is 13.2. The predicted molar refractivity (Wildman–Crippen MR) is 108 cm³/mol. The Morgan fingerprint density at radius 3 is 2.45 bits per heavy atom. The van der Waals surface area contributed by atoms with Crippen molar-refractivity contribution < 1.29 is 18.7 Å². The Labute approximate surface area is 171 Å². The van der Waals surface area contributed by atoms with Gasteiger partial charge in [0, 0.05) is 31.6 Å². The van der Waals surface area contributed by atoms with Gasteiger partial charge >= 0.3 is 6.09 Å². The second-order valence-corrected chi connectivity index (χ2v) is 7.81. The van der Waals surface area contributed by atoms with Crippen molar-refractivity contribution in [2.24, 2.45) is 0 Å². The summed E-state index contributed by atoms with van der Waals surface area (Å²) in [6.45, 7) is 5.85. The highest BCUT2D eigenvalue weighted by Crippen LogP contribution is 2.31. The average Bonchev–Trinajstić information content (AvgIpc) is 3.29. The number of piperazine rings is 1. The molecule has 2 aromatic heterocycles. The minimum absolute atomic E-state index is 0.0558. The van der Waals surface area contributed by atoms with Crippen LogP contribution >= 0.6 is 11.3 Å². The number of ether oxygens (including phenoxy) is 1. The fourth-order valence-electron chi connectivity index (χ4n) is 3.37. The predicted octanol–water partition coefficient (Wildman–Crippen LogP) is 3.45. The van der Waals surface area contributed by atoms with Gasteiger partial charge in [0.25, 0.3) is 5.91 Å². The van der Waals surface area contributed by atoms with Crippen LogP contribution in [0.2, 0.25) is 0 Å². The van der Waals surface area contributed by atoms with E-state index in [1.165, 1.54) is 23.5 Å². The third-order valence-corrected chi connectivity index (χ3v) is 6.02. The number of fused-ring (bicyclic) bond motifs is 1. The lowest BCUT2D eigenvalue weighted by Crippen LogP contribution is -2.50. The molecule has 3 aromatic rings. The van der Waals surface area contributed by atoms with Gasteiger partial charge in [-0.3, -0.25) is 4.79 Å². The Hall–Kier alpha value is -2.94. The van der Waals surface area contributed by atoms with Crippen LogP contribution < -0.4 is 0 Å². The maximum Gasteiger partial charge on any atom is 0.409 e. The number of halogens is 1. The Kier molecular flexibility index (Phi) is 5.23. The zero-order valence-corrected chi connectivity index (χ0v) is 17.0. The molecule has 3 heterocycles. The molecule has 1 aliphatic heterocycles. The summed E-state index contributed by atoms with van der Waals surface area (Å²) in [7, 11) is 0. The molecule has 29 heavy (non-hydrogen) atoms. The monoisotopic (exact) mass is 416 g/mol. The van der Waals surface area contributed by atoms with Gasteiger partial charge in [-0.05, 0) is 44.2 Å². The van der Waals surface area contributed by atoms with Gasteiger partial charge in [-0.1, -0.05) is 0 Å². The normalized spacial score (nSPS) is 14.4. The van der Waals surface area contributed by atoms with Crippen LogP contribution in [-0.4, -0.2) is 64.4 Å². The van der Waals surface area contributed by atoms with Crippen molar-refractivity contribution in [1.82, 2.24) is 19.6 Å². The molecule has 1 aliphatic rings. The summed E-state index contributed by atoms with van der Waals surface area (Å²) in [6, 6.07) is 7.97. The lowest BCUT2D eigenvalue weighted by Gasteiger charge is -2.33. The Bertz CT molecular complexity index is 1050. The number of hydrogen-bond acceptors (Lipinski definition) is 5. The van der Waals surface area contributed by atoms with E-state index in [-0.39, 0.29) is 17.8 Å². The molecule has 0 saturated carbocycles. The smallest absolute Gasteiger partial charge is 0.409 e. The van der Waals surface area contributed by atoms with E-state index in [9.17, 15) is 14.0 Å². The SMILES string of the molecule is CCOC(=O)N1CCN(C(=O)c2cc3c(C)nn(-c4ccc(F)cc4)c3s2)CC1. The van der Waals surface area contributed by atoms with Gasteiger partial charge in [-0.2, -0.15) is 5.10 Å². The number of hydrogen-bond donors (Lipinski definition) is 0. The molecule has 0 bridgehead atoms. The minimum Gasteiger partial charge on any atom is -0.450 e. The first-order valence-electron chi connectivity index (χ1n) is 9.44. The molecule has 4 rings (SSSR count). The summed E-state index contributed by atoms with van der Waals surface area (Å²) in [5.74, 6) is -0.363. The molecule has 0 N–H and O–H groups in total. The first-order valence-corrected chi connectivity index (χ1v) is 10.3. The number of rotatable bonds is 3. The number of amides is 2. The summed E-state index contributed by atoms with van der Waals surface area (Å²) >= 11 is 1.37. The fourth-order valence-corrected chi connectivity index (χ4v) is 4.52. The van der Waals surface area contributed by atoms with Gasteiger partial charge in [0.15, 0.2) is 0 Å². The van der Waals surface area contributed by atoms with Crippen LogP contribution in [0.1, 0.15) is 22.3 Å². The second-order valence-electron chi connectivity index (χ2n) is 6.78. The fraction of sp³-hybridized carbons (Fsp3) is 0.350. The first kappa shape index (κ1) is 19.4. The van der Waals surface area contributed by atoms with E-state index in [0.29, 0.717) is 37.7 Å². The average molecular weight is 416 g/mol. The van der Waals surface area contributed by atoms with Gasteiger partial charge in [-0.25, -0.2) is 13.9 Å².